The summed E-state index contributed by atoms with van der Waals surface area (Å²) in [5, 5.41) is 7.52. The van der Waals surface area contributed by atoms with Gasteiger partial charge in [-0.2, -0.15) is 5.10 Å². The van der Waals surface area contributed by atoms with Gasteiger partial charge in [-0.3, -0.25) is 0 Å². The quantitative estimate of drug-likeness (QED) is 0.203. The molecule has 4 heterocycles. The fourth-order valence-corrected chi connectivity index (χ4v) is 8.80. The second-order valence-electron chi connectivity index (χ2n) is 11.6. The Hall–Kier alpha value is -5.32. The van der Waals surface area contributed by atoms with E-state index in [1.54, 1.807) is 0 Å². The summed E-state index contributed by atoms with van der Waals surface area (Å²) in [5.74, 6) is 0. The van der Waals surface area contributed by atoms with Crippen molar-refractivity contribution in [2.24, 2.45) is 0 Å². The summed E-state index contributed by atoms with van der Waals surface area (Å²) in [5.41, 5.74) is 11.8. The number of fused-ring (bicyclic) bond motifs is 12. The van der Waals surface area contributed by atoms with Crippen molar-refractivity contribution < 1.29 is 0 Å². The minimum Gasteiger partial charge on any atom is -0.309 e. The zero-order valence-electron chi connectivity index (χ0n) is 23.7. The molecule has 0 aliphatic carbocycles. The van der Waals surface area contributed by atoms with Gasteiger partial charge in [0.15, 0.2) is 0 Å². The zero-order valence-corrected chi connectivity index (χ0v) is 24.5. The van der Waals surface area contributed by atoms with Crippen LogP contribution in [0.4, 0.5) is 0 Å². The molecule has 0 amide bonds. The Bertz CT molecular complexity index is 2430. The molecule has 0 radical (unpaired) electrons. The standard InChI is InChI=1S/C40H25N3S/c1-2-10-28(11-3-1)42-35-16-8-5-12-29(35)31-24-26(18-20-36(31)42)27-19-21-39-34(25-27)40(33-15-7-9-17-38(33)44-39)32-14-6-4-13-30(32)37-22-23-41-43(37)40/h1-25H. The van der Waals surface area contributed by atoms with Crippen molar-refractivity contribution in [1.29, 1.82) is 0 Å². The van der Waals surface area contributed by atoms with Crippen LogP contribution in [0.5, 0.6) is 0 Å². The second kappa shape index (κ2) is 8.85. The lowest BCUT2D eigenvalue weighted by Gasteiger charge is -2.39. The van der Waals surface area contributed by atoms with E-state index < -0.39 is 5.54 Å². The van der Waals surface area contributed by atoms with E-state index in [2.05, 4.69) is 155 Å². The fraction of sp³-hybridized carbons (Fsp3) is 0.0250. The molecule has 1 spiro atoms. The highest BCUT2D eigenvalue weighted by Crippen LogP contribution is 2.58. The van der Waals surface area contributed by atoms with Gasteiger partial charge in [0.1, 0.15) is 5.54 Å². The van der Waals surface area contributed by atoms with E-state index in [4.69, 9.17) is 5.10 Å². The number of hydrogen-bond donors (Lipinski definition) is 0. The molecule has 2 aliphatic heterocycles. The Labute approximate surface area is 259 Å². The summed E-state index contributed by atoms with van der Waals surface area (Å²) in [6.45, 7) is 0. The summed E-state index contributed by atoms with van der Waals surface area (Å²) in [7, 11) is 0. The van der Waals surface area contributed by atoms with Crippen LogP contribution in [0.2, 0.25) is 0 Å². The van der Waals surface area contributed by atoms with Crippen molar-refractivity contribution in [3.8, 4) is 28.1 Å². The van der Waals surface area contributed by atoms with E-state index in [-0.39, 0.29) is 0 Å². The number of nitrogens with zero attached hydrogens (tertiary/aromatic N) is 3. The molecule has 1 unspecified atom stereocenters. The van der Waals surface area contributed by atoms with Gasteiger partial charge in [-0.15, -0.1) is 0 Å². The molecule has 10 rings (SSSR count). The minimum absolute atomic E-state index is 0.532. The summed E-state index contributed by atoms with van der Waals surface area (Å²) in [6, 6.07) is 53.2. The second-order valence-corrected chi connectivity index (χ2v) is 12.7. The largest absolute Gasteiger partial charge is 0.309 e. The smallest absolute Gasteiger partial charge is 0.141 e. The summed E-state index contributed by atoms with van der Waals surface area (Å²) >= 11 is 1.86. The Morgan fingerprint density at radius 1 is 0.523 bits per heavy atom. The van der Waals surface area contributed by atoms with E-state index in [1.807, 2.05) is 18.0 Å². The topological polar surface area (TPSA) is 22.8 Å². The lowest BCUT2D eigenvalue weighted by molar-refractivity contribution is 0.467. The number of para-hydroxylation sites is 2. The lowest BCUT2D eigenvalue weighted by atomic mass is 9.76. The summed E-state index contributed by atoms with van der Waals surface area (Å²) in [6.07, 6.45) is 1.94. The van der Waals surface area contributed by atoms with Gasteiger partial charge in [0.25, 0.3) is 0 Å². The maximum atomic E-state index is 5.00. The molecule has 44 heavy (non-hydrogen) atoms. The van der Waals surface area contributed by atoms with Crippen molar-refractivity contribution in [3.05, 3.63) is 168 Å². The zero-order chi connectivity index (χ0) is 28.8. The van der Waals surface area contributed by atoms with Crippen LogP contribution in [-0.2, 0) is 5.54 Å². The first-order chi connectivity index (χ1) is 21.8. The van der Waals surface area contributed by atoms with Crippen LogP contribution in [0, 0.1) is 0 Å². The first-order valence-electron chi connectivity index (χ1n) is 15.0. The van der Waals surface area contributed by atoms with Crippen molar-refractivity contribution >= 4 is 33.6 Å². The van der Waals surface area contributed by atoms with Gasteiger partial charge in [0, 0.05) is 49.1 Å². The number of aromatic nitrogens is 3. The highest BCUT2D eigenvalue weighted by Gasteiger charge is 2.51. The third kappa shape index (κ3) is 3.05. The van der Waals surface area contributed by atoms with Crippen LogP contribution in [0.3, 0.4) is 0 Å². The minimum atomic E-state index is -0.532. The Morgan fingerprint density at radius 3 is 2.16 bits per heavy atom. The molecule has 0 saturated carbocycles. The molecule has 2 aliphatic rings. The Morgan fingerprint density at radius 2 is 1.23 bits per heavy atom. The van der Waals surface area contributed by atoms with Crippen LogP contribution < -0.4 is 0 Å². The third-order valence-electron chi connectivity index (χ3n) is 9.44. The molecule has 3 nitrogen and oxygen atoms in total. The molecule has 0 fully saturated rings. The first-order valence-corrected chi connectivity index (χ1v) is 15.8. The molecule has 1 atom stereocenters. The summed E-state index contributed by atoms with van der Waals surface area (Å²) < 4.78 is 4.63. The highest BCUT2D eigenvalue weighted by atomic mass is 32.2. The highest BCUT2D eigenvalue weighted by molar-refractivity contribution is 7.99. The first kappa shape index (κ1) is 24.2. The Kier molecular flexibility index (Phi) is 4.86. The molecule has 4 heteroatoms. The lowest BCUT2D eigenvalue weighted by Crippen LogP contribution is -2.38. The molecule has 206 valence electrons. The van der Waals surface area contributed by atoms with Gasteiger partial charge in [-0.05, 0) is 71.3 Å². The summed E-state index contributed by atoms with van der Waals surface area (Å²) in [4.78, 5) is 2.55. The van der Waals surface area contributed by atoms with Crippen molar-refractivity contribution in [2.45, 2.75) is 15.3 Å². The van der Waals surface area contributed by atoms with Crippen molar-refractivity contribution in [2.75, 3.05) is 0 Å². The molecule has 2 aromatic heterocycles. The van der Waals surface area contributed by atoms with Gasteiger partial charge in [-0.25, -0.2) is 4.68 Å². The number of benzene rings is 6. The Balaban J connectivity index is 1.23. The van der Waals surface area contributed by atoms with E-state index in [9.17, 15) is 0 Å². The van der Waals surface area contributed by atoms with Gasteiger partial charge in [0.05, 0.1) is 16.7 Å². The average molecular weight is 580 g/mol. The molecule has 0 bridgehead atoms. The van der Waals surface area contributed by atoms with Gasteiger partial charge in [-0.1, -0.05) is 103 Å². The van der Waals surface area contributed by atoms with Crippen LogP contribution in [0.1, 0.15) is 16.7 Å². The predicted molar refractivity (Wildman–Crippen MR) is 180 cm³/mol. The van der Waals surface area contributed by atoms with Gasteiger partial charge >= 0.3 is 0 Å². The molecule has 0 saturated heterocycles. The van der Waals surface area contributed by atoms with E-state index >= 15 is 0 Å². The molecule has 6 aromatic carbocycles. The molecular weight excluding hydrogens is 555 g/mol. The van der Waals surface area contributed by atoms with Crippen LogP contribution in [0.15, 0.2) is 162 Å². The third-order valence-corrected chi connectivity index (χ3v) is 10.6. The number of rotatable bonds is 2. The van der Waals surface area contributed by atoms with E-state index in [0.29, 0.717) is 0 Å². The normalized spacial score (nSPS) is 16.2. The van der Waals surface area contributed by atoms with E-state index in [1.165, 1.54) is 70.7 Å². The molecular formula is C40H25N3S. The average Bonchev–Trinajstić information content (AvgIpc) is 3.77. The molecule has 8 aromatic rings. The monoisotopic (exact) mass is 579 g/mol. The van der Waals surface area contributed by atoms with Crippen molar-refractivity contribution in [3.63, 3.8) is 0 Å². The molecule has 0 N–H and O–H groups in total. The number of hydrogen-bond acceptors (Lipinski definition) is 2. The van der Waals surface area contributed by atoms with Gasteiger partial charge in [0.2, 0.25) is 0 Å². The predicted octanol–water partition coefficient (Wildman–Crippen LogP) is 9.93. The maximum Gasteiger partial charge on any atom is 0.141 e. The maximum absolute atomic E-state index is 5.00. The SMILES string of the molecule is c1ccc(-n2c3ccccc3c3cc(-c4ccc5c(c4)C4(c6ccccc6S5)c5ccccc5-c5ccnn54)ccc32)cc1. The van der Waals surface area contributed by atoms with Crippen molar-refractivity contribution in [1.82, 2.24) is 14.3 Å². The fourth-order valence-electron chi connectivity index (χ4n) is 7.64. The van der Waals surface area contributed by atoms with Crippen LogP contribution in [-0.4, -0.2) is 14.3 Å². The van der Waals surface area contributed by atoms with Crippen LogP contribution >= 0.6 is 11.8 Å². The van der Waals surface area contributed by atoms with Crippen LogP contribution in [0.25, 0.3) is 49.9 Å². The van der Waals surface area contributed by atoms with E-state index in [0.717, 1.165) is 5.69 Å². The van der Waals surface area contributed by atoms with Gasteiger partial charge < -0.3 is 4.57 Å².